The lowest BCUT2D eigenvalue weighted by atomic mass is 9.92. The average Bonchev–Trinajstić information content (AvgIpc) is 2.45. The van der Waals surface area contributed by atoms with Gasteiger partial charge in [0.15, 0.2) is 0 Å². The van der Waals surface area contributed by atoms with E-state index in [0.29, 0.717) is 16.0 Å². The van der Waals surface area contributed by atoms with Crippen LogP contribution >= 0.6 is 39.1 Å². The first kappa shape index (κ1) is 15.9. The van der Waals surface area contributed by atoms with Crippen LogP contribution in [0.15, 0.2) is 42.5 Å². The maximum Gasteiger partial charge on any atom is 0.0624 e. The van der Waals surface area contributed by atoms with Gasteiger partial charge in [0.05, 0.1) is 10.0 Å². The second-order valence-electron chi connectivity index (χ2n) is 5.07. The lowest BCUT2D eigenvalue weighted by molar-refractivity contribution is 0.590. The molecule has 0 aliphatic heterocycles. The SMILES string of the molecule is Cc1ccccc1CC(CBr)Cc1cccc(Cl)c1Cl. The Morgan fingerprint density at radius 3 is 2.30 bits per heavy atom. The minimum Gasteiger partial charge on any atom is -0.0925 e. The van der Waals surface area contributed by atoms with E-state index < -0.39 is 0 Å². The maximum absolute atomic E-state index is 6.28. The molecule has 1 atom stereocenters. The molecule has 106 valence electrons. The molecule has 1 unspecified atom stereocenters. The molecule has 3 heteroatoms. The van der Waals surface area contributed by atoms with E-state index in [1.807, 2.05) is 12.1 Å². The number of aryl methyl sites for hydroxylation is 1. The van der Waals surface area contributed by atoms with Gasteiger partial charge in [0.2, 0.25) is 0 Å². The first-order valence-corrected chi connectivity index (χ1v) is 8.53. The summed E-state index contributed by atoms with van der Waals surface area (Å²) in [5.41, 5.74) is 3.86. The van der Waals surface area contributed by atoms with Gasteiger partial charge in [-0.05, 0) is 48.4 Å². The summed E-state index contributed by atoms with van der Waals surface area (Å²) in [5, 5.41) is 2.27. The fraction of sp³-hybridized carbons (Fsp3) is 0.294. The average molecular weight is 372 g/mol. The Morgan fingerprint density at radius 2 is 1.60 bits per heavy atom. The Kier molecular flexibility index (Phi) is 5.95. The first-order chi connectivity index (χ1) is 9.61. The highest BCUT2D eigenvalue weighted by molar-refractivity contribution is 9.09. The summed E-state index contributed by atoms with van der Waals surface area (Å²) in [6.07, 6.45) is 1.97. The van der Waals surface area contributed by atoms with Crippen molar-refractivity contribution in [2.45, 2.75) is 19.8 Å². The van der Waals surface area contributed by atoms with Crippen molar-refractivity contribution in [1.29, 1.82) is 0 Å². The van der Waals surface area contributed by atoms with Gasteiger partial charge in [0.1, 0.15) is 0 Å². The fourth-order valence-corrected chi connectivity index (χ4v) is 3.20. The molecule has 0 N–H and O–H groups in total. The summed E-state index contributed by atoms with van der Waals surface area (Å²) in [6.45, 7) is 2.16. The smallest absolute Gasteiger partial charge is 0.0624 e. The van der Waals surface area contributed by atoms with E-state index in [-0.39, 0.29) is 0 Å². The van der Waals surface area contributed by atoms with E-state index in [1.54, 1.807) is 0 Å². The topological polar surface area (TPSA) is 0 Å². The highest BCUT2D eigenvalue weighted by Gasteiger charge is 2.13. The molecule has 2 aromatic rings. The van der Waals surface area contributed by atoms with Crippen LogP contribution in [0.25, 0.3) is 0 Å². The van der Waals surface area contributed by atoms with Gasteiger partial charge in [0.25, 0.3) is 0 Å². The largest absolute Gasteiger partial charge is 0.0925 e. The van der Waals surface area contributed by atoms with Gasteiger partial charge < -0.3 is 0 Å². The van der Waals surface area contributed by atoms with E-state index >= 15 is 0 Å². The molecule has 0 aliphatic carbocycles. The van der Waals surface area contributed by atoms with Crippen LogP contribution in [0.2, 0.25) is 10.0 Å². The number of alkyl halides is 1. The number of hydrogen-bond donors (Lipinski definition) is 0. The summed E-state index contributed by atoms with van der Waals surface area (Å²) >= 11 is 16.0. The summed E-state index contributed by atoms with van der Waals surface area (Å²) in [6, 6.07) is 14.4. The van der Waals surface area contributed by atoms with Crippen LogP contribution in [-0.4, -0.2) is 5.33 Å². The van der Waals surface area contributed by atoms with Crippen LogP contribution < -0.4 is 0 Å². The van der Waals surface area contributed by atoms with Gasteiger partial charge >= 0.3 is 0 Å². The van der Waals surface area contributed by atoms with Crippen LogP contribution in [0, 0.1) is 12.8 Å². The fourth-order valence-electron chi connectivity index (χ4n) is 2.35. The highest BCUT2D eigenvalue weighted by Crippen LogP contribution is 2.29. The second kappa shape index (κ2) is 7.49. The highest BCUT2D eigenvalue weighted by atomic mass is 79.9. The Bertz CT molecular complexity index is 581. The molecule has 0 nitrogen and oxygen atoms in total. The van der Waals surface area contributed by atoms with Crippen molar-refractivity contribution in [1.82, 2.24) is 0 Å². The number of halogens is 3. The van der Waals surface area contributed by atoms with Crippen LogP contribution in [0.4, 0.5) is 0 Å². The van der Waals surface area contributed by atoms with E-state index in [0.717, 1.165) is 23.7 Å². The lowest BCUT2D eigenvalue weighted by Crippen LogP contribution is -2.11. The quantitative estimate of drug-likeness (QED) is 0.557. The number of rotatable bonds is 5. The molecule has 0 radical (unpaired) electrons. The molecular formula is C17H17BrCl2. The molecule has 0 saturated carbocycles. The van der Waals surface area contributed by atoms with Crippen LogP contribution in [-0.2, 0) is 12.8 Å². The molecule has 2 rings (SSSR count). The van der Waals surface area contributed by atoms with Crippen molar-refractivity contribution in [3.63, 3.8) is 0 Å². The molecule has 2 aromatic carbocycles. The molecule has 0 bridgehead atoms. The van der Waals surface area contributed by atoms with E-state index in [4.69, 9.17) is 23.2 Å². The predicted octanol–water partition coefficient (Wildman–Crippen LogP) is 6.10. The standard InChI is InChI=1S/C17H17BrCl2/c1-12-5-2-3-6-14(12)9-13(11-18)10-15-7-4-8-16(19)17(15)20/h2-8,13H,9-11H2,1H3. The number of hydrogen-bond acceptors (Lipinski definition) is 0. The van der Waals surface area contributed by atoms with Crippen molar-refractivity contribution in [2.75, 3.05) is 5.33 Å². The van der Waals surface area contributed by atoms with Gasteiger partial charge in [-0.25, -0.2) is 0 Å². The van der Waals surface area contributed by atoms with Crippen molar-refractivity contribution >= 4 is 39.1 Å². The van der Waals surface area contributed by atoms with Crippen molar-refractivity contribution in [3.8, 4) is 0 Å². The zero-order valence-electron chi connectivity index (χ0n) is 11.4. The summed E-state index contributed by atoms with van der Waals surface area (Å²) in [4.78, 5) is 0. The minimum absolute atomic E-state index is 0.507. The van der Waals surface area contributed by atoms with Crippen molar-refractivity contribution < 1.29 is 0 Å². The predicted molar refractivity (Wildman–Crippen MR) is 92.3 cm³/mol. The van der Waals surface area contributed by atoms with E-state index in [9.17, 15) is 0 Å². The zero-order chi connectivity index (χ0) is 14.5. The van der Waals surface area contributed by atoms with Gasteiger partial charge in [-0.1, -0.05) is 75.5 Å². The molecular weight excluding hydrogens is 355 g/mol. The second-order valence-corrected chi connectivity index (χ2v) is 6.50. The summed E-state index contributed by atoms with van der Waals surface area (Å²) < 4.78 is 0. The monoisotopic (exact) mass is 370 g/mol. The minimum atomic E-state index is 0.507. The van der Waals surface area contributed by atoms with Gasteiger partial charge in [-0.2, -0.15) is 0 Å². The van der Waals surface area contributed by atoms with E-state index in [1.165, 1.54) is 11.1 Å². The Hall–Kier alpha value is -0.500. The van der Waals surface area contributed by atoms with Crippen LogP contribution in [0.3, 0.4) is 0 Å². The third kappa shape index (κ3) is 4.00. The third-order valence-electron chi connectivity index (χ3n) is 3.53. The molecule has 0 aromatic heterocycles. The Balaban J connectivity index is 2.14. The molecule has 20 heavy (non-hydrogen) atoms. The molecule has 0 saturated heterocycles. The normalized spacial score (nSPS) is 12.4. The third-order valence-corrected chi connectivity index (χ3v) is 5.30. The molecule has 0 heterocycles. The zero-order valence-corrected chi connectivity index (χ0v) is 14.5. The van der Waals surface area contributed by atoms with Crippen molar-refractivity contribution in [2.24, 2.45) is 5.92 Å². The Morgan fingerprint density at radius 1 is 0.950 bits per heavy atom. The molecule has 0 aliphatic rings. The number of benzene rings is 2. The first-order valence-electron chi connectivity index (χ1n) is 6.65. The van der Waals surface area contributed by atoms with Gasteiger partial charge in [0, 0.05) is 5.33 Å². The summed E-state index contributed by atoms with van der Waals surface area (Å²) in [7, 11) is 0. The van der Waals surface area contributed by atoms with E-state index in [2.05, 4.69) is 53.2 Å². The van der Waals surface area contributed by atoms with Crippen LogP contribution in [0.1, 0.15) is 16.7 Å². The maximum atomic E-state index is 6.28. The molecule has 0 amide bonds. The van der Waals surface area contributed by atoms with Crippen molar-refractivity contribution in [3.05, 3.63) is 69.2 Å². The van der Waals surface area contributed by atoms with Gasteiger partial charge in [-0.15, -0.1) is 0 Å². The van der Waals surface area contributed by atoms with Crippen LogP contribution in [0.5, 0.6) is 0 Å². The lowest BCUT2D eigenvalue weighted by Gasteiger charge is -2.17. The molecule has 0 fully saturated rings. The Labute approximate surface area is 139 Å². The van der Waals surface area contributed by atoms with Gasteiger partial charge in [-0.3, -0.25) is 0 Å². The molecule has 0 spiro atoms. The summed E-state index contributed by atoms with van der Waals surface area (Å²) in [5.74, 6) is 0.507.